The number of hydrogen-bond acceptors (Lipinski definition) is 11. The summed E-state index contributed by atoms with van der Waals surface area (Å²) in [6.45, 7) is 25.6. The van der Waals surface area contributed by atoms with Crippen molar-refractivity contribution in [1.29, 1.82) is 0 Å². The average Bonchev–Trinajstić information content (AvgIpc) is 3.94. The third kappa shape index (κ3) is 23.2. The molecule has 0 fully saturated rings. The van der Waals surface area contributed by atoms with E-state index in [0.717, 1.165) is 74.1 Å². The summed E-state index contributed by atoms with van der Waals surface area (Å²) in [5, 5.41) is 20.7. The zero-order valence-corrected chi connectivity index (χ0v) is 52.5. The number of anilines is 3. The van der Waals surface area contributed by atoms with Gasteiger partial charge in [0, 0.05) is 49.1 Å². The van der Waals surface area contributed by atoms with Crippen molar-refractivity contribution >= 4 is 108 Å². The van der Waals surface area contributed by atoms with Gasteiger partial charge in [0.25, 0.3) is 0 Å². The highest BCUT2D eigenvalue weighted by Crippen LogP contribution is 2.41. The number of benzene rings is 7. The molecule has 8 aromatic rings. The maximum Gasteiger partial charge on any atom is 0.240 e. The van der Waals surface area contributed by atoms with Crippen molar-refractivity contribution in [3.63, 3.8) is 0 Å². The predicted molar refractivity (Wildman–Crippen MR) is 341 cm³/mol. The second-order valence-corrected chi connectivity index (χ2v) is 28.9. The van der Waals surface area contributed by atoms with Gasteiger partial charge in [-0.15, -0.1) is 45.5 Å². The Morgan fingerprint density at radius 3 is 1.46 bits per heavy atom. The van der Waals surface area contributed by atoms with Gasteiger partial charge in [-0.1, -0.05) is 202 Å². The minimum atomic E-state index is -0.0433. The monoisotopic (exact) mass is 1240 g/mol. The minimum Gasteiger partial charge on any atom is -0.398 e. The van der Waals surface area contributed by atoms with Crippen LogP contribution in [0.1, 0.15) is 90.1 Å². The van der Waals surface area contributed by atoms with Crippen LogP contribution in [0.25, 0.3) is 22.5 Å². The van der Waals surface area contributed by atoms with Crippen molar-refractivity contribution in [2.45, 2.75) is 125 Å². The van der Waals surface area contributed by atoms with E-state index in [2.05, 4.69) is 149 Å². The van der Waals surface area contributed by atoms with E-state index in [-0.39, 0.29) is 26.1 Å². The molecule has 7 aromatic carbocycles. The summed E-state index contributed by atoms with van der Waals surface area (Å²) in [7, 11) is 0. The molecular formula is C63H70Br2N8O3S3. The number of carbonyl (C=O) groups is 2. The van der Waals surface area contributed by atoms with Gasteiger partial charge < -0.3 is 16.4 Å². The number of thioether (sulfide) groups is 3. The van der Waals surface area contributed by atoms with Gasteiger partial charge in [0.05, 0.1) is 29.9 Å². The smallest absolute Gasteiger partial charge is 0.240 e. The van der Waals surface area contributed by atoms with Gasteiger partial charge in [-0.3, -0.25) is 9.59 Å². The van der Waals surface area contributed by atoms with E-state index in [1.165, 1.54) is 17.2 Å². The van der Waals surface area contributed by atoms with Crippen LogP contribution in [0.3, 0.4) is 0 Å². The van der Waals surface area contributed by atoms with Gasteiger partial charge in [0.15, 0.2) is 0 Å². The van der Waals surface area contributed by atoms with Gasteiger partial charge in [-0.05, 0) is 109 Å². The molecule has 2 amide bonds. The van der Waals surface area contributed by atoms with Crippen LogP contribution in [-0.4, -0.2) is 52.8 Å². The minimum absolute atomic E-state index is 0.000487. The van der Waals surface area contributed by atoms with Gasteiger partial charge in [-0.2, -0.15) is 10.2 Å². The van der Waals surface area contributed by atoms with Crippen molar-refractivity contribution in [3.05, 3.63) is 188 Å². The van der Waals surface area contributed by atoms with Crippen LogP contribution in [-0.2, 0) is 27.2 Å². The number of H-pyrrole nitrogens is 1. The number of rotatable bonds is 12. The molecule has 8 rings (SSSR count). The summed E-state index contributed by atoms with van der Waals surface area (Å²) in [5.74, 6) is 0.490. The number of tetrazole rings is 1. The van der Waals surface area contributed by atoms with E-state index in [1.54, 1.807) is 47.4 Å². The molecule has 5 N–H and O–H groups in total. The fraction of sp³-hybridized carbons (Fsp3) is 0.270. The number of nitrogens with one attached hydrogen (secondary N) is 3. The Balaban J connectivity index is 0.000000215. The molecule has 0 aliphatic carbocycles. The Morgan fingerprint density at radius 2 is 1.00 bits per heavy atom. The Labute approximate surface area is 496 Å². The highest BCUT2D eigenvalue weighted by molar-refractivity contribution is 9.10. The number of halogens is 2. The van der Waals surface area contributed by atoms with E-state index in [0.29, 0.717) is 24.4 Å². The molecule has 11 nitrogen and oxygen atoms in total. The number of isocyanates is 1. The number of amides is 2. The van der Waals surface area contributed by atoms with Gasteiger partial charge >= 0.3 is 0 Å². The molecule has 1 aromatic heterocycles. The maximum absolute atomic E-state index is 12.9. The molecule has 1 heterocycles. The predicted octanol–water partition coefficient (Wildman–Crippen LogP) is 17.6. The van der Waals surface area contributed by atoms with E-state index < -0.39 is 0 Å². The van der Waals surface area contributed by atoms with Crippen molar-refractivity contribution in [2.24, 2.45) is 4.99 Å². The molecule has 412 valence electrons. The summed E-state index contributed by atoms with van der Waals surface area (Å²) >= 11 is 12.1. The van der Waals surface area contributed by atoms with E-state index in [4.69, 9.17) is 5.73 Å². The van der Waals surface area contributed by atoms with E-state index in [9.17, 15) is 14.4 Å². The molecule has 0 unspecified atom stereocenters. The van der Waals surface area contributed by atoms with Crippen LogP contribution in [0.5, 0.6) is 0 Å². The van der Waals surface area contributed by atoms with Gasteiger partial charge in [0.2, 0.25) is 23.7 Å². The molecule has 0 bridgehead atoms. The fourth-order valence-corrected chi connectivity index (χ4v) is 11.0. The lowest BCUT2D eigenvalue weighted by Gasteiger charge is -2.21. The molecule has 0 saturated heterocycles. The van der Waals surface area contributed by atoms with Crippen LogP contribution < -0.4 is 16.4 Å². The van der Waals surface area contributed by atoms with Crippen LogP contribution >= 0.6 is 67.1 Å². The van der Waals surface area contributed by atoms with Crippen molar-refractivity contribution in [3.8, 4) is 22.5 Å². The molecule has 16 heteroatoms. The van der Waals surface area contributed by atoms with Crippen LogP contribution in [0.2, 0.25) is 0 Å². The van der Waals surface area contributed by atoms with Crippen LogP contribution in [0.15, 0.2) is 180 Å². The third-order valence-electron chi connectivity index (χ3n) is 10.7. The van der Waals surface area contributed by atoms with Crippen molar-refractivity contribution in [1.82, 2.24) is 20.6 Å². The Bertz CT molecular complexity index is 3310. The summed E-state index contributed by atoms with van der Waals surface area (Å²) in [6, 6.07) is 49.6. The Kier molecular flexibility index (Phi) is 24.0. The lowest BCUT2D eigenvalue weighted by molar-refractivity contribution is -0.116. The number of aryl methyl sites for hydroxylation is 3. The quantitative estimate of drug-likeness (QED) is 0.0400. The fourth-order valence-electron chi connectivity index (χ4n) is 7.22. The second-order valence-electron chi connectivity index (χ2n) is 21.4. The summed E-state index contributed by atoms with van der Waals surface area (Å²) in [6.07, 6.45) is 2.18. The lowest BCUT2D eigenvalue weighted by atomic mass is 9.99. The first-order valence-corrected chi connectivity index (χ1v) is 29.5. The first-order valence-electron chi connectivity index (χ1n) is 25.5. The SMILES string of the molecule is CC(C)(C)Sc1ccc(Br)cc1N.Cc1ccc(CC(=O)Nc2cc(-c3ccccc3-c3nn[nH]n3)ccc2SC(C)(C)C)cc1.Cc1ccc(CC(=O)Nc2cc(Br)ccc2SC(C)(C)C)cc1.Cc1ccc(N=C=O)cc1. The number of aliphatic imine (C=N–C) groups is 1. The summed E-state index contributed by atoms with van der Waals surface area (Å²) in [4.78, 5) is 41.8. The Morgan fingerprint density at radius 1 is 0.570 bits per heavy atom. The zero-order chi connectivity index (χ0) is 57.9. The largest absolute Gasteiger partial charge is 0.398 e. The van der Waals surface area contributed by atoms with E-state index in [1.807, 2.05) is 142 Å². The number of hydrogen-bond donors (Lipinski definition) is 4. The van der Waals surface area contributed by atoms with E-state index >= 15 is 0 Å². The number of nitrogens with zero attached hydrogens (tertiary/aromatic N) is 4. The summed E-state index contributed by atoms with van der Waals surface area (Å²) in [5.41, 5.74) is 17.4. The van der Waals surface area contributed by atoms with Gasteiger partial charge in [-0.25, -0.2) is 4.79 Å². The number of aromatic amines is 1. The third-order valence-corrected chi connectivity index (χ3v) is 15.3. The van der Waals surface area contributed by atoms with Crippen LogP contribution in [0.4, 0.5) is 22.7 Å². The van der Waals surface area contributed by atoms with Gasteiger partial charge in [0.1, 0.15) is 0 Å². The molecule has 79 heavy (non-hydrogen) atoms. The maximum atomic E-state index is 12.9. The molecule has 0 aliphatic heterocycles. The standard InChI is InChI=1S/C26H27N5OS.C19H22BrNOS.C10H14BrNS.C8H7NO/c1-17-9-11-18(12-10-17)15-24(32)27-22-16-19(13-14-23(22)33-26(2,3)4)20-7-5-6-8-21(20)25-28-30-31-29-25;1-13-5-7-14(8-6-13)11-18(22)21-16-12-15(20)9-10-17(16)23-19(2,3)4;1-10(2,3)13-9-5-4-7(11)6-8(9)12;1-7-2-4-8(5-3-7)9-6-10/h5-14,16H,15H2,1-4H3,(H,27,32)(H,28,29,30,31);5-10,12H,11H2,1-4H3,(H,21,22);4-6H,12H2,1-3H3;2-5H,1H3. The Hall–Kier alpha value is -6.26. The normalized spacial score (nSPS) is 11.1. The topological polar surface area (TPSA) is 168 Å². The highest BCUT2D eigenvalue weighted by atomic mass is 79.9. The molecule has 0 radical (unpaired) electrons. The number of nitrogen functional groups attached to an aromatic ring is 1. The summed E-state index contributed by atoms with van der Waals surface area (Å²) < 4.78 is 2.29. The number of nitrogens with two attached hydrogens (primary N) is 1. The number of aromatic nitrogens is 4. The van der Waals surface area contributed by atoms with Crippen molar-refractivity contribution < 1.29 is 14.4 Å². The van der Waals surface area contributed by atoms with Crippen molar-refractivity contribution in [2.75, 3.05) is 16.4 Å². The molecule has 0 atom stereocenters. The molecule has 0 saturated carbocycles. The highest BCUT2D eigenvalue weighted by Gasteiger charge is 2.20. The first-order chi connectivity index (χ1) is 37.2. The first kappa shape index (κ1) is 63.6. The average molecular weight is 1240 g/mol. The molecule has 0 aliphatic rings. The second kappa shape index (κ2) is 29.8. The van der Waals surface area contributed by atoms with Crippen LogP contribution in [0, 0.1) is 20.8 Å². The molecule has 0 spiro atoms. The molecular weight excluding hydrogens is 1170 g/mol. The lowest BCUT2D eigenvalue weighted by Crippen LogP contribution is -2.16. The zero-order valence-electron chi connectivity index (χ0n) is 46.9. The number of carbonyl (C=O) groups excluding carboxylic acids is 3.